The number of carbonyl (C=O) groups excluding carboxylic acids is 2. The van der Waals surface area contributed by atoms with Gasteiger partial charge in [-0.1, -0.05) is 38.2 Å². The minimum Gasteiger partial charge on any atom is -0.508 e. The van der Waals surface area contributed by atoms with E-state index in [1.807, 2.05) is 0 Å². The number of amides is 1. The molecule has 278 valence electrons. The van der Waals surface area contributed by atoms with Crippen LogP contribution in [-0.2, 0) is 51.8 Å². The van der Waals surface area contributed by atoms with Gasteiger partial charge in [0.2, 0.25) is 15.9 Å². The van der Waals surface area contributed by atoms with Gasteiger partial charge in [0.1, 0.15) is 29.1 Å². The Morgan fingerprint density at radius 3 is 2.18 bits per heavy atom. The van der Waals surface area contributed by atoms with E-state index in [9.17, 15) is 40.7 Å². The number of phenolic OH excluding ortho intramolecular Hbond substituents is 1. The maximum Gasteiger partial charge on any atom is 0.320 e. The lowest BCUT2D eigenvalue weighted by molar-refractivity contribution is -0.138. The molecule has 2 atom stereocenters. The average molecular weight is 751 g/mol. The van der Waals surface area contributed by atoms with Crippen LogP contribution in [0, 0.1) is 17.5 Å². The number of aliphatic carboxylic acids is 1. The molecule has 0 spiro atoms. The zero-order chi connectivity index (χ0) is 37.2. The fourth-order valence-electron chi connectivity index (χ4n) is 5.60. The number of nitrogens with one attached hydrogen (secondary N) is 2. The number of hydrogen-bond acceptors (Lipinski definition) is 11. The second-order valence-electron chi connectivity index (χ2n) is 12.0. The molecule has 1 aliphatic carbocycles. The van der Waals surface area contributed by atoms with E-state index in [0.717, 1.165) is 19.3 Å². The molecule has 3 rings (SSSR count). The van der Waals surface area contributed by atoms with Crippen LogP contribution in [0.15, 0.2) is 28.0 Å². The fourth-order valence-corrected chi connectivity index (χ4v) is 7.77. The molecule has 0 aromatic heterocycles. The molecule has 1 aliphatic rings. The molecule has 0 radical (unpaired) electrons. The smallest absolute Gasteiger partial charge is 0.320 e. The Bertz CT molecular complexity index is 1770. The summed E-state index contributed by atoms with van der Waals surface area (Å²) in [6.45, 7) is -0.477. The van der Waals surface area contributed by atoms with E-state index < -0.39 is 95.0 Å². The molecule has 1 saturated carbocycles. The molecule has 19 heteroatoms. The van der Waals surface area contributed by atoms with Crippen molar-refractivity contribution in [3.05, 3.63) is 46.8 Å². The number of benzene rings is 2. The number of carboxylic acids is 1. The third-order valence-electron chi connectivity index (χ3n) is 8.16. The number of phenols is 1. The van der Waals surface area contributed by atoms with Crippen LogP contribution in [0.1, 0.15) is 62.5 Å². The van der Waals surface area contributed by atoms with E-state index in [2.05, 4.69) is 10.6 Å². The van der Waals surface area contributed by atoms with E-state index in [0.29, 0.717) is 43.1 Å². The summed E-state index contributed by atoms with van der Waals surface area (Å²) in [4.78, 5) is 32.0. The molecule has 0 heterocycles. The molecule has 2 aromatic rings. The standard InChI is InChI=1S/C31H41F3N4O10S2/c32-25-26(33)30(28(27(34)29(25)50(36,46)47)38-20-6-4-2-1-3-5-7-20)49(44,45)13-10-24(41)37-11-12-48-22(17-39)15-19-14-21(40)9-8-18(19)16-23(35)31(42)43/h8-9,14,17,20,22-23,38,40H,1-7,10-13,15-16,35H2,(H,37,41)(H,42,43)(H2,36,46,47)/t22?,23-/m0/s1. The minimum atomic E-state index is -5.16. The van der Waals surface area contributed by atoms with E-state index >= 15 is 8.78 Å². The minimum absolute atomic E-state index is 0.0775. The van der Waals surface area contributed by atoms with Crippen LogP contribution in [0.25, 0.3) is 0 Å². The van der Waals surface area contributed by atoms with Gasteiger partial charge >= 0.3 is 5.97 Å². The number of rotatable bonds is 17. The van der Waals surface area contributed by atoms with Crippen molar-refractivity contribution in [3.63, 3.8) is 0 Å². The van der Waals surface area contributed by atoms with Crippen molar-refractivity contribution in [3.8, 4) is 5.75 Å². The summed E-state index contributed by atoms with van der Waals surface area (Å²) in [5.74, 6) is -9.73. The van der Waals surface area contributed by atoms with Crippen LogP contribution in [-0.4, -0.2) is 82.3 Å². The Kier molecular flexibility index (Phi) is 14.6. The number of anilines is 1. The molecule has 14 nitrogen and oxygen atoms in total. The maximum atomic E-state index is 15.6. The first-order chi connectivity index (χ1) is 23.5. The Balaban J connectivity index is 1.68. The zero-order valence-electron chi connectivity index (χ0n) is 27.0. The lowest BCUT2D eigenvalue weighted by Crippen LogP contribution is -2.33. The summed E-state index contributed by atoms with van der Waals surface area (Å²) in [6.07, 6.45) is 3.22. The third kappa shape index (κ3) is 11.1. The highest BCUT2D eigenvalue weighted by Crippen LogP contribution is 2.37. The Hall–Kier alpha value is -3.78. The number of halogens is 3. The summed E-state index contributed by atoms with van der Waals surface area (Å²) in [5, 5.41) is 28.8. The SMILES string of the molecule is N[C@@H](Cc1ccc(O)cc1CC(C=O)OCCNC(=O)CCS(=O)(=O)c1c(F)c(F)c(S(N)(=O)=O)c(F)c1NC1CCCCCCC1)C(=O)O. The average Bonchev–Trinajstić information content (AvgIpc) is 3.01. The normalized spacial score (nSPS) is 15.8. The van der Waals surface area contributed by atoms with Crippen molar-refractivity contribution < 1.29 is 59.3 Å². The summed E-state index contributed by atoms with van der Waals surface area (Å²) >= 11 is 0. The van der Waals surface area contributed by atoms with Crippen LogP contribution in [0.5, 0.6) is 5.75 Å². The number of primary sulfonamides is 1. The molecule has 1 unspecified atom stereocenters. The van der Waals surface area contributed by atoms with Crippen molar-refractivity contribution in [1.29, 1.82) is 0 Å². The van der Waals surface area contributed by atoms with Gasteiger partial charge in [-0.2, -0.15) is 0 Å². The maximum absolute atomic E-state index is 15.6. The van der Waals surface area contributed by atoms with Crippen LogP contribution in [0.3, 0.4) is 0 Å². The van der Waals surface area contributed by atoms with Gasteiger partial charge in [-0.25, -0.2) is 35.1 Å². The van der Waals surface area contributed by atoms with Crippen LogP contribution < -0.4 is 21.5 Å². The number of ether oxygens (including phenoxy) is 1. The van der Waals surface area contributed by atoms with Gasteiger partial charge in [-0.15, -0.1) is 0 Å². The van der Waals surface area contributed by atoms with Crippen LogP contribution in [0.2, 0.25) is 0 Å². The molecule has 2 aromatic carbocycles. The van der Waals surface area contributed by atoms with Gasteiger partial charge in [-0.05, 0) is 42.5 Å². The van der Waals surface area contributed by atoms with E-state index in [1.54, 1.807) is 0 Å². The van der Waals surface area contributed by atoms with Crippen molar-refractivity contribution in [2.75, 3.05) is 24.2 Å². The molecule has 0 saturated heterocycles. The number of carboxylic acid groups (broad SMARTS) is 1. The molecular formula is C31H41F3N4O10S2. The highest BCUT2D eigenvalue weighted by atomic mass is 32.2. The fraction of sp³-hybridized carbons (Fsp3) is 0.516. The highest BCUT2D eigenvalue weighted by molar-refractivity contribution is 7.91. The first-order valence-corrected chi connectivity index (χ1v) is 19.0. The molecule has 1 amide bonds. The van der Waals surface area contributed by atoms with Crippen molar-refractivity contribution in [2.24, 2.45) is 10.9 Å². The first-order valence-electron chi connectivity index (χ1n) is 15.8. The lowest BCUT2D eigenvalue weighted by atomic mass is 9.96. The summed E-state index contributed by atoms with van der Waals surface area (Å²) < 4.78 is 102. The van der Waals surface area contributed by atoms with Gasteiger partial charge in [0.25, 0.3) is 0 Å². The molecule has 8 N–H and O–H groups in total. The highest BCUT2D eigenvalue weighted by Gasteiger charge is 2.37. The van der Waals surface area contributed by atoms with Crippen LogP contribution in [0.4, 0.5) is 18.9 Å². The molecule has 0 aliphatic heterocycles. The summed E-state index contributed by atoms with van der Waals surface area (Å²) in [5.41, 5.74) is 5.38. The van der Waals surface area contributed by atoms with Gasteiger partial charge in [0, 0.05) is 25.4 Å². The van der Waals surface area contributed by atoms with Gasteiger partial charge in [0.15, 0.2) is 32.2 Å². The predicted octanol–water partition coefficient (Wildman–Crippen LogP) is 2.04. The number of sulfonamides is 1. The monoisotopic (exact) mass is 750 g/mol. The Morgan fingerprint density at radius 1 is 0.960 bits per heavy atom. The number of aldehydes is 1. The van der Waals surface area contributed by atoms with Crippen LogP contribution >= 0.6 is 0 Å². The molecular weight excluding hydrogens is 709 g/mol. The van der Waals surface area contributed by atoms with E-state index in [-0.39, 0.29) is 31.7 Å². The Labute approximate surface area is 287 Å². The predicted molar refractivity (Wildman–Crippen MR) is 174 cm³/mol. The van der Waals surface area contributed by atoms with Crippen molar-refractivity contribution in [1.82, 2.24) is 5.32 Å². The topological polar surface area (TPSA) is 245 Å². The second-order valence-corrected chi connectivity index (χ2v) is 15.5. The molecule has 50 heavy (non-hydrogen) atoms. The number of aromatic hydroxyl groups is 1. The lowest BCUT2D eigenvalue weighted by Gasteiger charge is -2.25. The molecule has 1 fully saturated rings. The second kappa shape index (κ2) is 17.9. The number of nitrogens with two attached hydrogens (primary N) is 2. The summed E-state index contributed by atoms with van der Waals surface area (Å²) in [6, 6.07) is 2.30. The number of hydrogen-bond donors (Lipinski definition) is 6. The largest absolute Gasteiger partial charge is 0.508 e. The van der Waals surface area contributed by atoms with Gasteiger partial charge in [0.05, 0.1) is 18.0 Å². The van der Waals surface area contributed by atoms with Crippen molar-refractivity contribution >= 4 is 43.7 Å². The molecule has 0 bridgehead atoms. The number of carbonyl (C=O) groups is 3. The Morgan fingerprint density at radius 2 is 1.58 bits per heavy atom. The third-order valence-corrected chi connectivity index (χ3v) is 10.8. The van der Waals surface area contributed by atoms with Gasteiger partial charge in [-0.3, -0.25) is 9.59 Å². The van der Waals surface area contributed by atoms with E-state index in [4.69, 9.17) is 20.7 Å². The van der Waals surface area contributed by atoms with Crippen molar-refractivity contribution in [2.45, 2.75) is 92.2 Å². The quantitative estimate of drug-likeness (QED) is 0.0773. The number of sulfone groups is 1. The van der Waals surface area contributed by atoms with Gasteiger partial charge < -0.3 is 36.1 Å². The first kappa shape index (κ1) is 40.6. The zero-order valence-corrected chi connectivity index (χ0v) is 28.6. The van der Waals surface area contributed by atoms with E-state index in [1.165, 1.54) is 18.2 Å². The summed E-state index contributed by atoms with van der Waals surface area (Å²) in [7, 11) is -10.1.